The first-order chi connectivity index (χ1) is 15.6. The van der Waals surface area contributed by atoms with Gasteiger partial charge in [0.05, 0.1) is 37.6 Å². The van der Waals surface area contributed by atoms with Crippen molar-refractivity contribution in [2.45, 2.75) is 44.2 Å². The maximum absolute atomic E-state index is 12.8. The summed E-state index contributed by atoms with van der Waals surface area (Å²) in [6.45, 7) is 0. The highest BCUT2D eigenvalue weighted by Crippen LogP contribution is 2.33. The second-order valence-corrected chi connectivity index (χ2v) is 7.99. The lowest BCUT2D eigenvalue weighted by atomic mass is 9.92. The smallest absolute Gasteiger partial charge is 0.338 e. The van der Waals surface area contributed by atoms with Crippen LogP contribution in [0.4, 0.5) is 4.79 Å². The third-order valence-corrected chi connectivity index (χ3v) is 5.92. The molecule has 0 aromatic heterocycles. The number of hydrogen-bond donors (Lipinski definition) is 2. The van der Waals surface area contributed by atoms with Crippen LogP contribution in [0.5, 0.6) is 11.5 Å². The molecule has 1 aliphatic carbocycles. The third kappa shape index (κ3) is 4.72. The van der Waals surface area contributed by atoms with Crippen molar-refractivity contribution in [3.05, 3.63) is 65.2 Å². The first-order valence-electron chi connectivity index (χ1n) is 10.9. The Morgan fingerprint density at radius 1 is 0.906 bits per heavy atom. The molecular formula is C25H28N2O5. The highest BCUT2D eigenvalue weighted by molar-refractivity contribution is 6.04. The van der Waals surface area contributed by atoms with Gasteiger partial charge in [0.1, 0.15) is 11.5 Å². The average molecular weight is 437 g/mol. The minimum atomic E-state index is -0.656. The van der Waals surface area contributed by atoms with Gasteiger partial charge in [-0.25, -0.2) is 9.59 Å². The van der Waals surface area contributed by atoms with Gasteiger partial charge in [-0.2, -0.15) is 0 Å². The normalized spacial score (nSPS) is 19.1. The van der Waals surface area contributed by atoms with Gasteiger partial charge in [0.2, 0.25) is 0 Å². The van der Waals surface area contributed by atoms with Crippen molar-refractivity contribution in [2.75, 3.05) is 14.2 Å². The number of carbonyl (C=O) groups excluding carboxylic acids is 2. The van der Waals surface area contributed by atoms with Crippen LogP contribution in [-0.2, 0) is 9.53 Å². The highest BCUT2D eigenvalue weighted by Gasteiger charge is 2.34. The predicted octanol–water partition coefficient (Wildman–Crippen LogP) is 4.34. The van der Waals surface area contributed by atoms with E-state index in [-0.39, 0.29) is 6.10 Å². The van der Waals surface area contributed by atoms with E-state index in [1.54, 1.807) is 31.4 Å². The van der Waals surface area contributed by atoms with Gasteiger partial charge in [0, 0.05) is 0 Å². The molecule has 2 amide bonds. The molecule has 1 unspecified atom stereocenters. The lowest BCUT2D eigenvalue weighted by Crippen LogP contribution is -2.45. The molecule has 2 N–H and O–H groups in total. The molecule has 0 saturated heterocycles. The largest absolute Gasteiger partial charge is 0.497 e. The molecule has 2 aromatic rings. The Balaban J connectivity index is 1.66. The topological polar surface area (TPSA) is 85.9 Å². The molecule has 2 aliphatic rings. The van der Waals surface area contributed by atoms with Crippen LogP contribution in [0.2, 0.25) is 0 Å². The molecule has 168 valence electrons. The Bertz CT molecular complexity index is 992. The summed E-state index contributed by atoms with van der Waals surface area (Å²) < 4.78 is 16.4. The quantitative estimate of drug-likeness (QED) is 0.658. The summed E-state index contributed by atoms with van der Waals surface area (Å²) in [7, 11) is 2.91. The van der Waals surface area contributed by atoms with E-state index in [0.29, 0.717) is 22.6 Å². The number of rotatable bonds is 6. The molecule has 1 fully saturated rings. The standard InChI is InChI=1S/C25H28N2O5/c1-30-18-12-8-16(9-13-18)22-21(24(28)31-2)23(27-25(29)26-22)17-10-14-20(15-11-17)32-19-6-4-3-5-7-19/h8-15,19,23H,3-7H2,1-2H3,(H2,26,27,29). The minimum absolute atomic E-state index is 0.250. The van der Waals surface area contributed by atoms with Crippen molar-refractivity contribution in [3.8, 4) is 11.5 Å². The lowest BCUT2D eigenvalue weighted by Gasteiger charge is -2.29. The van der Waals surface area contributed by atoms with Gasteiger partial charge < -0.3 is 24.8 Å². The highest BCUT2D eigenvalue weighted by atomic mass is 16.5. The SMILES string of the molecule is COC(=O)C1=C(c2ccc(OC)cc2)NC(=O)NC1c1ccc(OC2CCCCC2)cc1. The fraction of sp³-hybridized carbons (Fsp3) is 0.360. The fourth-order valence-electron chi connectivity index (χ4n) is 4.24. The van der Waals surface area contributed by atoms with Crippen LogP contribution >= 0.6 is 0 Å². The summed E-state index contributed by atoms with van der Waals surface area (Å²) in [5.41, 5.74) is 2.19. The molecule has 2 aromatic carbocycles. The molecule has 1 aliphatic heterocycles. The van der Waals surface area contributed by atoms with Crippen molar-refractivity contribution < 1.29 is 23.8 Å². The number of amides is 2. The maximum Gasteiger partial charge on any atom is 0.338 e. The van der Waals surface area contributed by atoms with Crippen molar-refractivity contribution in [1.29, 1.82) is 0 Å². The van der Waals surface area contributed by atoms with E-state index >= 15 is 0 Å². The van der Waals surface area contributed by atoms with Crippen LogP contribution in [0.15, 0.2) is 54.1 Å². The number of ether oxygens (including phenoxy) is 3. The Morgan fingerprint density at radius 2 is 1.56 bits per heavy atom. The second-order valence-electron chi connectivity index (χ2n) is 7.99. The van der Waals surface area contributed by atoms with Crippen LogP contribution < -0.4 is 20.1 Å². The van der Waals surface area contributed by atoms with E-state index in [1.165, 1.54) is 26.4 Å². The summed E-state index contributed by atoms with van der Waals surface area (Å²) in [6.07, 6.45) is 6.07. The van der Waals surface area contributed by atoms with Gasteiger partial charge in [-0.3, -0.25) is 0 Å². The van der Waals surface area contributed by atoms with Crippen molar-refractivity contribution >= 4 is 17.7 Å². The molecule has 0 bridgehead atoms. The molecule has 7 heteroatoms. The van der Waals surface area contributed by atoms with Gasteiger partial charge in [0.25, 0.3) is 0 Å². The first-order valence-corrected chi connectivity index (χ1v) is 10.9. The average Bonchev–Trinajstić information content (AvgIpc) is 2.84. The zero-order chi connectivity index (χ0) is 22.5. The van der Waals surface area contributed by atoms with Crippen LogP contribution in [0, 0.1) is 0 Å². The van der Waals surface area contributed by atoms with E-state index in [4.69, 9.17) is 14.2 Å². The molecule has 32 heavy (non-hydrogen) atoms. The van der Waals surface area contributed by atoms with Crippen LogP contribution in [0.3, 0.4) is 0 Å². The molecule has 4 rings (SSSR count). The van der Waals surface area contributed by atoms with E-state index in [2.05, 4.69) is 10.6 Å². The van der Waals surface area contributed by atoms with Gasteiger partial charge in [-0.15, -0.1) is 0 Å². The number of hydrogen-bond acceptors (Lipinski definition) is 5. The summed E-state index contributed by atoms with van der Waals surface area (Å²) >= 11 is 0. The number of esters is 1. The van der Waals surface area contributed by atoms with E-state index in [0.717, 1.165) is 24.2 Å². The number of carbonyl (C=O) groups is 2. The van der Waals surface area contributed by atoms with Crippen molar-refractivity contribution in [2.24, 2.45) is 0 Å². The molecular weight excluding hydrogens is 408 g/mol. The number of benzene rings is 2. The van der Waals surface area contributed by atoms with E-state index in [1.807, 2.05) is 24.3 Å². The molecule has 1 heterocycles. The van der Waals surface area contributed by atoms with Crippen molar-refractivity contribution in [1.82, 2.24) is 10.6 Å². The Labute approximate surface area is 187 Å². The molecule has 1 saturated carbocycles. The van der Waals surface area contributed by atoms with Crippen LogP contribution in [0.1, 0.15) is 49.3 Å². The minimum Gasteiger partial charge on any atom is -0.497 e. The molecule has 0 spiro atoms. The van der Waals surface area contributed by atoms with Crippen LogP contribution in [-0.4, -0.2) is 32.3 Å². The van der Waals surface area contributed by atoms with Gasteiger partial charge in [-0.1, -0.05) is 18.6 Å². The summed E-state index contributed by atoms with van der Waals surface area (Å²) in [5.74, 6) is 0.954. The monoisotopic (exact) mass is 436 g/mol. The first kappa shape index (κ1) is 21.7. The van der Waals surface area contributed by atoms with E-state index < -0.39 is 18.0 Å². The zero-order valence-electron chi connectivity index (χ0n) is 18.4. The zero-order valence-corrected chi connectivity index (χ0v) is 18.4. The molecule has 0 radical (unpaired) electrons. The van der Waals surface area contributed by atoms with Gasteiger partial charge in [0.15, 0.2) is 0 Å². The number of nitrogens with one attached hydrogen (secondary N) is 2. The maximum atomic E-state index is 12.8. The molecule has 1 atom stereocenters. The molecule has 7 nitrogen and oxygen atoms in total. The number of urea groups is 1. The lowest BCUT2D eigenvalue weighted by molar-refractivity contribution is -0.136. The third-order valence-electron chi connectivity index (χ3n) is 5.92. The van der Waals surface area contributed by atoms with Gasteiger partial charge >= 0.3 is 12.0 Å². The number of methoxy groups -OCH3 is 2. The van der Waals surface area contributed by atoms with Crippen molar-refractivity contribution in [3.63, 3.8) is 0 Å². The Morgan fingerprint density at radius 3 is 2.19 bits per heavy atom. The summed E-state index contributed by atoms with van der Waals surface area (Å²) in [6, 6.07) is 13.6. The summed E-state index contributed by atoms with van der Waals surface area (Å²) in [5, 5.41) is 5.61. The summed E-state index contributed by atoms with van der Waals surface area (Å²) in [4.78, 5) is 25.3. The fourth-order valence-corrected chi connectivity index (χ4v) is 4.24. The van der Waals surface area contributed by atoms with Crippen LogP contribution in [0.25, 0.3) is 5.70 Å². The second kappa shape index (κ2) is 9.77. The van der Waals surface area contributed by atoms with E-state index in [9.17, 15) is 9.59 Å². The van der Waals surface area contributed by atoms with Gasteiger partial charge in [-0.05, 0) is 73.2 Å². The Hall–Kier alpha value is -3.48. The Kier molecular flexibility index (Phi) is 6.63. The predicted molar refractivity (Wildman–Crippen MR) is 120 cm³/mol.